The van der Waals surface area contributed by atoms with E-state index in [-0.39, 0.29) is 11.3 Å². The van der Waals surface area contributed by atoms with Crippen molar-refractivity contribution in [1.29, 1.82) is 0 Å². The summed E-state index contributed by atoms with van der Waals surface area (Å²) in [7, 11) is 0. The standard InChI is InChI=1S/C30H30F3N5O/c1-29(2)18-38(14-15-39-29)17-26-36-25-16-21(27-24(30(31,32)33)4-3-13-34-27)9-12-23(25)28(37-26)35-22-10-7-20(8-11-22)19-5-6-19/h3-4,7-13,16,19H,5-6,14-15,17-18H2,1-2H3,(H,35,36,37). The second-order valence-electron chi connectivity index (χ2n) is 11.0. The SMILES string of the molecule is CC1(C)CN(Cc2nc(Nc3ccc(C4CC4)cc3)c3ccc(-c4ncccc4C(F)(F)F)cc3n2)CCO1. The van der Waals surface area contributed by atoms with Gasteiger partial charge in [-0.25, -0.2) is 9.97 Å². The summed E-state index contributed by atoms with van der Waals surface area (Å²) in [5.41, 5.74) is 1.97. The Balaban J connectivity index is 1.40. The van der Waals surface area contributed by atoms with Gasteiger partial charge in [0.2, 0.25) is 0 Å². The maximum atomic E-state index is 13.7. The number of alkyl halides is 3. The average molecular weight is 534 g/mol. The highest BCUT2D eigenvalue weighted by molar-refractivity contribution is 5.93. The van der Waals surface area contributed by atoms with Crippen LogP contribution in [0.3, 0.4) is 0 Å². The molecule has 2 aromatic heterocycles. The summed E-state index contributed by atoms with van der Waals surface area (Å²) in [6.45, 7) is 6.69. The Morgan fingerprint density at radius 3 is 2.56 bits per heavy atom. The Bertz CT molecular complexity index is 1500. The van der Waals surface area contributed by atoms with Crippen LogP contribution in [0.25, 0.3) is 22.2 Å². The predicted molar refractivity (Wildman–Crippen MR) is 145 cm³/mol. The van der Waals surface area contributed by atoms with Crippen LogP contribution in [0.15, 0.2) is 60.8 Å². The average Bonchev–Trinajstić information content (AvgIpc) is 3.73. The number of halogens is 3. The molecule has 0 radical (unpaired) electrons. The van der Waals surface area contributed by atoms with Gasteiger partial charge >= 0.3 is 6.18 Å². The summed E-state index contributed by atoms with van der Waals surface area (Å²) >= 11 is 0. The molecule has 1 saturated heterocycles. The monoisotopic (exact) mass is 533 g/mol. The first-order chi connectivity index (χ1) is 18.6. The minimum Gasteiger partial charge on any atom is -0.373 e. The lowest BCUT2D eigenvalue weighted by Gasteiger charge is -2.37. The lowest BCUT2D eigenvalue weighted by atomic mass is 10.0. The minimum atomic E-state index is -4.52. The van der Waals surface area contributed by atoms with Crippen molar-refractivity contribution in [3.8, 4) is 11.3 Å². The number of hydrogen-bond acceptors (Lipinski definition) is 6. The third kappa shape index (κ3) is 5.74. The summed E-state index contributed by atoms with van der Waals surface area (Å²) in [4.78, 5) is 16.0. The summed E-state index contributed by atoms with van der Waals surface area (Å²) in [5.74, 6) is 1.87. The summed E-state index contributed by atoms with van der Waals surface area (Å²) in [6, 6.07) is 15.8. The van der Waals surface area contributed by atoms with E-state index >= 15 is 0 Å². The van der Waals surface area contributed by atoms with E-state index in [0.717, 1.165) is 30.2 Å². The molecule has 1 aliphatic heterocycles. The van der Waals surface area contributed by atoms with Crippen molar-refractivity contribution in [2.75, 3.05) is 25.0 Å². The second-order valence-corrected chi connectivity index (χ2v) is 11.0. The normalized spacial score (nSPS) is 17.9. The van der Waals surface area contributed by atoms with Crippen molar-refractivity contribution in [3.05, 3.63) is 77.7 Å². The van der Waals surface area contributed by atoms with Crippen LogP contribution in [0.4, 0.5) is 24.7 Å². The van der Waals surface area contributed by atoms with Gasteiger partial charge in [-0.05, 0) is 74.6 Å². The molecule has 3 heterocycles. The molecule has 2 aromatic carbocycles. The summed E-state index contributed by atoms with van der Waals surface area (Å²) < 4.78 is 47.0. The van der Waals surface area contributed by atoms with Gasteiger partial charge in [0.05, 0.1) is 35.5 Å². The predicted octanol–water partition coefficient (Wildman–Crippen LogP) is 6.94. The van der Waals surface area contributed by atoms with E-state index in [0.29, 0.717) is 41.8 Å². The number of hydrogen-bond donors (Lipinski definition) is 1. The molecule has 6 rings (SSSR count). The molecule has 1 aliphatic carbocycles. The van der Waals surface area contributed by atoms with E-state index in [1.165, 1.54) is 30.7 Å². The van der Waals surface area contributed by atoms with Crippen LogP contribution in [0.5, 0.6) is 0 Å². The molecule has 0 spiro atoms. The molecule has 6 nitrogen and oxygen atoms in total. The van der Waals surface area contributed by atoms with Gasteiger partial charge < -0.3 is 10.1 Å². The van der Waals surface area contributed by atoms with E-state index in [2.05, 4.69) is 41.2 Å². The molecule has 2 fully saturated rings. The number of fused-ring (bicyclic) bond motifs is 1. The number of nitrogens with one attached hydrogen (secondary N) is 1. The van der Waals surface area contributed by atoms with Gasteiger partial charge in [0.1, 0.15) is 11.6 Å². The zero-order valence-electron chi connectivity index (χ0n) is 21.9. The van der Waals surface area contributed by atoms with Crippen molar-refractivity contribution in [2.24, 2.45) is 0 Å². The molecule has 0 amide bonds. The number of rotatable bonds is 6. The smallest absolute Gasteiger partial charge is 0.373 e. The molecule has 0 unspecified atom stereocenters. The second kappa shape index (κ2) is 9.88. The molecule has 0 bridgehead atoms. The number of benzene rings is 2. The van der Waals surface area contributed by atoms with Gasteiger partial charge in [0, 0.05) is 35.9 Å². The van der Waals surface area contributed by atoms with Gasteiger partial charge in [-0.3, -0.25) is 9.88 Å². The Hall–Kier alpha value is -3.56. The van der Waals surface area contributed by atoms with Crippen LogP contribution in [0.1, 0.15) is 49.6 Å². The van der Waals surface area contributed by atoms with Crippen LogP contribution in [0.2, 0.25) is 0 Å². The molecule has 4 aromatic rings. The summed E-state index contributed by atoms with van der Waals surface area (Å²) in [5, 5.41) is 4.16. The van der Waals surface area contributed by atoms with Crippen LogP contribution in [-0.4, -0.2) is 45.1 Å². The molecule has 1 N–H and O–H groups in total. The molecule has 1 saturated carbocycles. The Kier molecular flexibility index (Phi) is 6.51. The topological polar surface area (TPSA) is 63.2 Å². The number of aromatic nitrogens is 3. The summed E-state index contributed by atoms with van der Waals surface area (Å²) in [6.07, 6.45) is -0.671. The van der Waals surface area contributed by atoms with Gasteiger partial charge in [0.25, 0.3) is 0 Å². The number of morpholine rings is 1. The van der Waals surface area contributed by atoms with Crippen molar-refractivity contribution >= 4 is 22.4 Å². The van der Waals surface area contributed by atoms with Crippen molar-refractivity contribution in [3.63, 3.8) is 0 Å². The highest BCUT2D eigenvalue weighted by Crippen LogP contribution is 2.41. The maximum absolute atomic E-state index is 13.7. The first kappa shape index (κ1) is 25.7. The quantitative estimate of drug-likeness (QED) is 0.290. The molecular weight excluding hydrogens is 503 g/mol. The van der Waals surface area contributed by atoms with Crippen LogP contribution in [-0.2, 0) is 17.5 Å². The Labute approximate surface area is 225 Å². The maximum Gasteiger partial charge on any atom is 0.418 e. The highest BCUT2D eigenvalue weighted by atomic mass is 19.4. The first-order valence-electron chi connectivity index (χ1n) is 13.2. The van der Waals surface area contributed by atoms with Crippen LogP contribution >= 0.6 is 0 Å². The number of ether oxygens (including phenoxy) is 1. The van der Waals surface area contributed by atoms with E-state index in [1.54, 1.807) is 18.2 Å². The molecule has 0 atom stereocenters. The Morgan fingerprint density at radius 2 is 1.85 bits per heavy atom. The highest BCUT2D eigenvalue weighted by Gasteiger charge is 2.34. The van der Waals surface area contributed by atoms with Crippen molar-refractivity contribution < 1.29 is 17.9 Å². The Morgan fingerprint density at radius 1 is 1.05 bits per heavy atom. The number of anilines is 2. The fourth-order valence-electron chi connectivity index (χ4n) is 5.20. The zero-order chi connectivity index (χ0) is 27.2. The largest absolute Gasteiger partial charge is 0.418 e. The third-order valence-corrected chi connectivity index (χ3v) is 7.22. The fraction of sp³-hybridized carbons (Fsp3) is 0.367. The minimum absolute atomic E-state index is 0.118. The van der Waals surface area contributed by atoms with Crippen molar-refractivity contribution in [1.82, 2.24) is 19.9 Å². The lowest BCUT2D eigenvalue weighted by Crippen LogP contribution is -2.47. The number of pyridine rings is 1. The third-order valence-electron chi connectivity index (χ3n) is 7.22. The van der Waals surface area contributed by atoms with E-state index in [9.17, 15) is 13.2 Å². The lowest BCUT2D eigenvalue weighted by molar-refractivity contribution is -0.137. The van der Waals surface area contributed by atoms with Gasteiger partial charge in [-0.1, -0.05) is 18.2 Å². The van der Waals surface area contributed by atoms with E-state index in [1.807, 2.05) is 12.1 Å². The first-order valence-corrected chi connectivity index (χ1v) is 13.2. The molecule has 2 aliphatic rings. The molecule has 39 heavy (non-hydrogen) atoms. The van der Waals surface area contributed by atoms with E-state index < -0.39 is 11.7 Å². The number of nitrogens with zero attached hydrogens (tertiary/aromatic N) is 4. The van der Waals surface area contributed by atoms with Crippen LogP contribution < -0.4 is 5.32 Å². The van der Waals surface area contributed by atoms with Crippen LogP contribution in [0, 0.1) is 0 Å². The fourth-order valence-corrected chi connectivity index (χ4v) is 5.20. The van der Waals surface area contributed by atoms with E-state index in [4.69, 9.17) is 14.7 Å². The molecule has 9 heteroatoms. The molecule has 202 valence electrons. The molecular formula is C30H30F3N5O. The van der Waals surface area contributed by atoms with Gasteiger partial charge in [0.15, 0.2) is 0 Å². The van der Waals surface area contributed by atoms with Gasteiger partial charge in [-0.15, -0.1) is 0 Å². The van der Waals surface area contributed by atoms with Crippen molar-refractivity contribution in [2.45, 2.75) is 50.9 Å². The zero-order valence-corrected chi connectivity index (χ0v) is 21.9. The van der Waals surface area contributed by atoms with Gasteiger partial charge in [-0.2, -0.15) is 13.2 Å².